The summed E-state index contributed by atoms with van der Waals surface area (Å²) in [6, 6.07) is 13.2. The number of nitrogens with zero attached hydrogens (tertiary/aromatic N) is 1. The molecule has 1 atom stereocenters. The third-order valence-electron chi connectivity index (χ3n) is 5.14. The normalized spacial score (nSPS) is 12.5. The zero-order valence-electron chi connectivity index (χ0n) is 19.6. The first-order valence-corrected chi connectivity index (χ1v) is 11.3. The first-order chi connectivity index (χ1) is 16.7. The minimum atomic E-state index is -4.75. The summed E-state index contributed by atoms with van der Waals surface area (Å²) in [4.78, 5) is 12.2. The highest BCUT2D eigenvalue weighted by Gasteiger charge is 2.31. The molecule has 0 spiro atoms. The molecular weight excluding hydrogens is 470 g/mol. The van der Waals surface area contributed by atoms with Crippen molar-refractivity contribution in [1.29, 1.82) is 0 Å². The first kappa shape index (κ1) is 28.4. The van der Waals surface area contributed by atoms with E-state index >= 15 is 0 Å². The van der Waals surface area contributed by atoms with Crippen molar-refractivity contribution in [3.8, 4) is 11.5 Å². The number of alkyl halides is 4. The lowest BCUT2D eigenvalue weighted by Crippen LogP contribution is -2.29. The number of carboxylic acids is 1. The molecule has 0 fully saturated rings. The molecule has 0 amide bonds. The summed E-state index contributed by atoms with van der Waals surface area (Å²) >= 11 is 0. The fourth-order valence-corrected chi connectivity index (χ4v) is 3.32. The van der Waals surface area contributed by atoms with E-state index in [0.29, 0.717) is 43.5 Å². The van der Waals surface area contributed by atoms with Gasteiger partial charge in [-0.05, 0) is 62.1 Å². The fourth-order valence-electron chi connectivity index (χ4n) is 3.32. The molecule has 0 radical (unpaired) electrons. The van der Waals surface area contributed by atoms with Crippen LogP contribution in [0.25, 0.3) is 0 Å². The molecule has 2 aromatic carbocycles. The summed E-state index contributed by atoms with van der Waals surface area (Å²) in [6.45, 7) is 0.294. The van der Waals surface area contributed by atoms with Crippen molar-refractivity contribution in [3.05, 3.63) is 59.7 Å². The van der Waals surface area contributed by atoms with Gasteiger partial charge in [-0.15, -0.1) is 13.2 Å². The molecule has 2 aromatic rings. The van der Waals surface area contributed by atoms with Crippen LogP contribution in [-0.4, -0.2) is 62.0 Å². The van der Waals surface area contributed by atoms with E-state index in [1.807, 2.05) is 18.2 Å². The third-order valence-corrected chi connectivity index (χ3v) is 5.14. The van der Waals surface area contributed by atoms with Gasteiger partial charge in [0.1, 0.15) is 24.9 Å². The average Bonchev–Trinajstić information content (AvgIpc) is 2.81. The van der Waals surface area contributed by atoms with E-state index in [2.05, 4.69) is 4.74 Å². The van der Waals surface area contributed by atoms with Crippen LogP contribution >= 0.6 is 0 Å². The van der Waals surface area contributed by atoms with Crippen LogP contribution in [0, 0.1) is 0 Å². The van der Waals surface area contributed by atoms with Crippen LogP contribution in [0.2, 0.25) is 0 Å². The summed E-state index contributed by atoms with van der Waals surface area (Å²) in [5.74, 6) is -0.545. The van der Waals surface area contributed by atoms with Gasteiger partial charge in [0.2, 0.25) is 0 Å². The zero-order valence-corrected chi connectivity index (χ0v) is 19.6. The summed E-state index contributed by atoms with van der Waals surface area (Å²) < 4.78 is 66.0. The van der Waals surface area contributed by atoms with Gasteiger partial charge in [-0.25, -0.2) is 4.39 Å². The number of hydrogen-bond acceptors (Lipinski definition) is 5. The number of para-hydroxylation sites is 1. The maximum atomic E-state index is 12.8. The number of rotatable bonds is 16. The minimum absolute atomic E-state index is 0.00396. The second-order valence-corrected chi connectivity index (χ2v) is 8.09. The van der Waals surface area contributed by atoms with E-state index in [1.54, 1.807) is 19.2 Å². The average molecular weight is 502 g/mol. The second kappa shape index (κ2) is 14.5. The van der Waals surface area contributed by atoms with Gasteiger partial charge >= 0.3 is 12.3 Å². The van der Waals surface area contributed by atoms with Crippen LogP contribution in [0.3, 0.4) is 0 Å². The Hall–Kier alpha value is -2.85. The summed E-state index contributed by atoms with van der Waals surface area (Å²) in [5.41, 5.74) is 1.57. The SMILES string of the molecule is CN(CF)CCC(COc1ccccc1CCc1cccc(OC(F)(F)F)c1)OCCCC(=O)O. The molecule has 0 saturated heterocycles. The number of aliphatic carboxylic acids is 1. The summed E-state index contributed by atoms with van der Waals surface area (Å²) in [7, 11) is 1.65. The van der Waals surface area contributed by atoms with Gasteiger partial charge < -0.3 is 19.3 Å². The number of halogens is 4. The van der Waals surface area contributed by atoms with E-state index in [1.165, 1.54) is 23.1 Å². The molecule has 2 rings (SSSR count). The van der Waals surface area contributed by atoms with Crippen molar-refractivity contribution in [3.63, 3.8) is 0 Å². The lowest BCUT2D eigenvalue weighted by Gasteiger charge is -2.22. The topological polar surface area (TPSA) is 68.2 Å². The van der Waals surface area contributed by atoms with Crippen molar-refractivity contribution in [2.45, 2.75) is 44.6 Å². The van der Waals surface area contributed by atoms with E-state index in [9.17, 15) is 22.4 Å². The second-order valence-electron chi connectivity index (χ2n) is 8.09. The van der Waals surface area contributed by atoms with Crippen LogP contribution in [0.15, 0.2) is 48.5 Å². The first-order valence-electron chi connectivity index (χ1n) is 11.3. The van der Waals surface area contributed by atoms with Crippen LogP contribution < -0.4 is 9.47 Å². The van der Waals surface area contributed by atoms with Gasteiger partial charge in [0, 0.05) is 19.6 Å². The standard InChI is InChI=1S/C25H31F4NO5/c1-30(18-26)14-13-22(33-15-5-10-24(31)32)17-34-23-9-3-2-7-20(23)12-11-19-6-4-8-21(16-19)35-25(27,28)29/h2-4,6-9,16,22H,5,10-15,17-18H2,1H3,(H,31,32). The summed E-state index contributed by atoms with van der Waals surface area (Å²) in [6.07, 6.45) is -3.24. The van der Waals surface area contributed by atoms with E-state index in [-0.39, 0.29) is 31.5 Å². The van der Waals surface area contributed by atoms with Crippen molar-refractivity contribution in [2.75, 3.05) is 33.6 Å². The van der Waals surface area contributed by atoms with E-state index < -0.39 is 19.1 Å². The Labute approximate surface area is 202 Å². The fraction of sp³-hybridized carbons (Fsp3) is 0.480. The summed E-state index contributed by atoms with van der Waals surface area (Å²) in [5, 5.41) is 8.78. The molecule has 194 valence electrons. The monoisotopic (exact) mass is 501 g/mol. The highest BCUT2D eigenvalue weighted by Crippen LogP contribution is 2.25. The van der Waals surface area contributed by atoms with Gasteiger partial charge in [-0.1, -0.05) is 30.3 Å². The van der Waals surface area contributed by atoms with Gasteiger partial charge in [0.15, 0.2) is 0 Å². The van der Waals surface area contributed by atoms with Crippen LogP contribution in [0.1, 0.15) is 30.4 Å². The number of carbonyl (C=O) groups is 1. The Balaban J connectivity index is 1.97. The predicted octanol–water partition coefficient (Wildman–Crippen LogP) is 5.25. The predicted molar refractivity (Wildman–Crippen MR) is 122 cm³/mol. The molecule has 1 N–H and O–H groups in total. The van der Waals surface area contributed by atoms with Crippen molar-refractivity contribution >= 4 is 5.97 Å². The Morgan fingerprint density at radius 1 is 1.11 bits per heavy atom. The van der Waals surface area contributed by atoms with Gasteiger partial charge in [-0.3, -0.25) is 9.69 Å². The number of hydrogen-bond donors (Lipinski definition) is 1. The van der Waals surface area contributed by atoms with Crippen LogP contribution in [0.5, 0.6) is 11.5 Å². The molecule has 0 heterocycles. The maximum absolute atomic E-state index is 12.8. The minimum Gasteiger partial charge on any atom is -0.491 e. The molecular formula is C25H31F4NO5. The molecule has 6 nitrogen and oxygen atoms in total. The number of ether oxygens (including phenoxy) is 3. The molecule has 0 aliphatic heterocycles. The van der Waals surface area contributed by atoms with Crippen LogP contribution in [-0.2, 0) is 22.4 Å². The van der Waals surface area contributed by atoms with Crippen molar-refractivity contribution in [2.24, 2.45) is 0 Å². The molecule has 0 aliphatic rings. The third kappa shape index (κ3) is 11.9. The van der Waals surface area contributed by atoms with Crippen molar-refractivity contribution in [1.82, 2.24) is 4.90 Å². The highest BCUT2D eigenvalue weighted by atomic mass is 19.4. The lowest BCUT2D eigenvalue weighted by atomic mass is 10.0. The van der Waals surface area contributed by atoms with Crippen molar-refractivity contribution < 1.29 is 41.7 Å². The molecule has 0 aromatic heterocycles. The highest BCUT2D eigenvalue weighted by molar-refractivity contribution is 5.66. The van der Waals surface area contributed by atoms with Gasteiger partial charge in [0.25, 0.3) is 0 Å². The molecule has 1 unspecified atom stereocenters. The van der Waals surface area contributed by atoms with Gasteiger partial charge in [0.05, 0.1) is 6.10 Å². The van der Waals surface area contributed by atoms with E-state index in [0.717, 1.165) is 5.56 Å². The maximum Gasteiger partial charge on any atom is 0.573 e. The lowest BCUT2D eigenvalue weighted by molar-refractivity contribution is -0.274. The Kier molecular flexibility index (Phi) is 11.8. The molecule has 0 saturated carbocycles. The van der Waals surface area contributed by atoms with Crippen LogP contribution in [0.4, 0.5) is 17.6 Å². The Morgan fingerprint density at radius 2 is 1.89 bits per heavy atom. The quantitative estimate of drug-likeness (QED) is 0.193. The molecule has 0 aliphatic carbocycles. The van der Waals surface area contributed by atoms with Gasteiger partial charge in [-0.2, -0.15) is 0 Å². The molecule has 35 heavy (non-hydrogen) atoms. The smallest absolute Gasteiger partial charge is 0.491 e. The number of benzene rings is 2. The molecule has 10 heteroatoms. The number of carboxylic acid groups (broad SMARTS) is 1. The number of aryl methyl sites for hydroxylation is 2. The largest absolute Gasteiger partial charge is 0.573 e. The van der Waals surface area contributed by atoms with E-state index in [4.69, 9.17) is 14.6 Å². The Morgan fingerprint density at radius 3 is 2.60 bits per heavy atom. The Bertz CT molecular complexity index is 909. The molecule has 0 bridgehead atoms. The zero-order chi connectivity index (χ0) is 25.7.